The van der Waals surface area contributed by atoms with Crippen molar-refractivity contribution in [1.82, 2.24) is 0 Å². The summed E-state index contributed by atoms with van der Waals surface area (Å²) in [4.78, 5) is 12.8. The molecule has 0 fully saturated rings. The first-order chi connectivity index (χ1) is 6.24. The summed E-state index contributed by atoms with van der Waals surface area (Å²) in [7, 11) is 0. The van der Waals surface area contributed by atoms with E-state index in [2.05, 4.69) is 18.8 Å². The Bertz CT molecular complexity index is 90.9. The first kappa shape index (κ1) is 18.2. The highest BCUT2D eigenvalue weighted by atomic mass is 16.1. The molecule has 0 aliphatic rings. The fourth-order valence-corrected chi connectivity index (χ4v) is 0.258. The molecule has 13 heavy (non-hydrogen) atoms. The van der Waals surface area contributed by atoms with Gasteiger partial charge >= 0.3 is 0 Å². The Morgan fingerprint density at radius 2 is 1.62 bits per heavy atom. The lowest BCUT2D eigenvalue weighted by molar-refractivity contribution is -0.106. The Morgan fingerprint density at radius 3 is 1.69 bits per heavy atom. The number of aldehydes is 1. The zero-order valence-electron chi connectivity index (χ0n) is 9.42. The number of nitrogens with two attached hydrogens (primary N) is 1. The van der Waals surface area contributed by atoms with Gasteiger partial charge in [0.1, 0.15) is 6.29 Å². The second-order valence-electron chi connectivity index (χ2n) is 2.19. The van der Waals surface area contributed by atoms with Gasteiger partial charge in [-0.2, -0.15) is 0 Å². The minimum Gasteiger partial charge on any atom is -0.330 e. The van der Waals surface area contributed by atoms with E-state index < -0.39 is 0 Å². The number of carbonyl (C=O) groups is 1. The molecule has 0 saturated carbocycles. The standard InChI is InChI=1S/C5H11N.C3H9N.C2H4O/c1-3-5-6-4-2;1-2-3-4;1-2-3/h4H,3,5H2,1-2H3;2-4H2,1H3;2H,1H3. The summed E-state index contributed by atoms with van der Waals surface area (Å²) in [6.07, 6.45) is 4.84. The number of hydrogen-bond acceptors (Lipinski definition) is 3. The molecule has 0 bridgehead atoms. The van der Waals surface area contributed by atoms with Gasteiger partial charge in [-0.15, -0.1) is 0 Å². The van der Waals surface area contributed by atoms with Crippen molar-refractivity contribution in [2.24, 2.45) is 10.7 Å². The Kier molecular flexibility index (Phi) is 42.2. The summed E-state index contributed by atoms with van der Waals surface area (Å²) in [6.45, 7) is 9.36. The van der Waals surface area contributed by atoms with Gasteiger partial charge in [0, 0.05) is 6.54 Å². The zero-order chi connectivity index (χ0) is 10.9. The topological polar surface area (TPSA) is 55.5 Å². The van der Waals surface area contributed by atoms with E-state index in [0.29, 0.717) is 0 Å². The van der Waals surface area contributed by atoms with Gasteiger partial charge in [-0.05, 0) is 39.4 Å². The van der Waals surface area contributed by atoms with Gasteiger partial charge in [0.25, 0.3) is 0 Å². The Balaban J connectivity index is -0.000000125. The number of carbonyl (C=O) groups excluding carboxylic acids is 1. The molecule has 0 aromatic carbocycles. The summed E-state index contributed by atoms with van der Waals surface area (Å²) in [5, 5.41) is 0. The molecular formula is C10H24N2O. The minimum absolute atomic E-state index is 0.750. The van der Waals surface area contributed by atoms with Crippen LogP contribution in [0.4, 0.5) is 0 Å². The van der Waals surface area contributed by atoms with E-state index in [9.17, 15) is 0 Å². The molecule has 0 aliphatic carbocycles. The molecular weight excluding hydrogens is 164 g/mol. The fourth-order valence-electron chi connectivity index (χ4n) is 0.258. The molecule has 3 heteroatoms. The fraction of sp³-hybridized carbons (Fsp3) is 0.800. The van der Waals surface area contributed by atoms with Gasteiger partial charge in [0.15, 0.2) is 0 Å². The first-order valence-electron chi connectivity index (χ1n) is 4.79. The predicted octanol–water partition coefficient (Wildman–Crippen LogP) is 2.05. The van der Waals surface area contributed by atoms with Crippen LogP contribution in [0.5, 0.6) is 0 Å². The molecule has 0 aromatic rings. The summed E-state index contributed by atoms with van der Waals surface area (Å²) in [6, 6.07) is 0. The molecule has 0 saturated heterocycles. The average molecular weight is 188 g/mol. The lowest BCUT2D eigenvalue weighted by Gasteiger charge is -1.77. The molecule has 0 amide bonds. The maximum absolute atomic E-state index is 8.81. The SMILES string of the molecule is CC=NCCC.CC=O.CCCN. The van der Waals surface area contributed by atoms with Crippen LogP contribution < -0.4 is 5.73 Å². The summed E-state index contributed by atoms with van der Waals surface area (Å²) in [5.41, 5.74) is 5.03. The maximum Gasteiger partial charge on any atom is 0.116 e. The number of hydrogen-bond donors (Lipinski definition) is 1. The van der Waals surface area contributed by atoms with E-state index in [4.69, 9.17) is 10.5 Å². The lowest BCUT2D eigenvalue weighted by atomic mass is 10.5. The van der Waals surface area contributed by atoms with Gasteiger partial charge in [0.05, 0.1) is 0 Å². The molecule has 0 aliphatic heterocycles. The van der Waals surface area contributed by atoms with Crippen LogP contribution in [0.1, 0.15) is 40.5 Å². The first-order valence-corrected chi connectivity index (χ1v) is 4.79. The molecule has 0 rings (SSSR count). The largest absolute Gasteiger partial charge is 0.330 e. The highest BCUT2D eigenvalue weighted by molar-refractivity contribution is 5.53. The van der Waals surface area contributed by atoms with E-state index in [0.717, 1.165) is 32.2 Å². The van der Waals surface area contributed by atoms with Crippen molar-refractivity contribution in [2.45, 2.75) is 40.5 Å². The van der Waals surface area contributed by atoms with E-state index in [1.165, 1.54) is 6.92 Å². The van der Waals surface area contributed by atoms with Crippen molar-refractivity contribution in [3.05, 3.63) is 0 Å². The van der Waals surface area contributed by atoms with Crippen molar-refractivity contribution >= 4 is 12.5 Å². The molecule has 3 nitrogen and oxygen atoms in total. The van der Waals surface area contributed by atoms with Crippen LogP contribution in [-0.4, -0.2) is 25.6 Å². The molecule has 0 radical (unpaired) electrons. The number of rotatable bonds is 3. The highest BCUT2D eigenvalue weighted by Crippen LogP contribution is 1.72. The van der Waals surface area contributed by atoms with Crippen molar-refractivity contribution in [2.75, 3.05) is 13.1 Å². The van der Waals surface area contributed by atoms with Crippen molar-refractivity contribution < 1.29 is 4.79 Å². The Morgan fingerprint density at radius 1 is 1.23 bits per heavy atom. The van der Waals surface area contributed by atoms with E-state index in [1.54, 1.807) is 0 Å². The Hall–Kier alpha value is -0.700. The summed E-state index contributed by atoms with van der Waals surface area (Å²) >= 11 is 0. The Labute approximate surface area is 82.4 Å². The molecule has 0 aromatic heterocycles. The van der Waals surface area contributed by atoms with Crippen LogP contribution in [0, 0.1) is 0 Å². The molecule has 0 atom stereocenters. The van der Waals surface area contributed by atoms with Crippen LogP contribution in [0.15, 0.2) is 4.99 Å². The molecule has 0 unspecified atom stereocenters. The number of aliphatic imine (C=N–C) groups is 1. The van der Waals surface area contributed by atoms with Crippen molar-refractivity contribution in [3.8, 4) is 0 Å². The summed E-state index contributed by atoms with van der Waals surface area (Å²) in [5.74, 6) is 0. The van der Waals surface area contributed by atoms with Crippen molar-refractivity contribution in [3.63, 3.8) is 0 Å². The van der Waals surface area contributed by atoms with Crippen LogP contribution in [0.25, 0.3) is 0 Å². The second-order valence-corrected chi connectivity index (χ2v) is 2.19. The smallest absolute Gasteiger partial charge is 0.116 e. The van der Waals surface area contributed by atoms with Crippen LogP contribution in [0.2, 0.25) is 0 Å². The average Bonchev–Trinajstić information content (AvgIpc) is 2.16. The molecule has 0 spiro atoms. The minimum atomic E-state index is 0.750. The van der Waals surface area contributed by atoms with Gasteiger partial charge in [0.2, 0.25) is 0 Å². The maximum atomic E-state index is 8.81. The molecule has 0 heterocycles. The van der Waals surface area contributed by atoms with Gasteiger partial charge < -0.3 is 10.5 Å². The van der Waals surface area contributed by atoms with E-state index in [1.807, 2.05) is 13.1 Å². The van der Waals surface area contributed by atoms with E-state index >= 15 is 0 Å². The third-order valence-electron chi connectivity index (χ3n) is 0.824. The van der Waals surface area contributed by atoms with Crippen molar-refractivity contribution in [1.29, 1.82) is 0 Å². The zero-order valence-corrected chi connectivity index (χ0v) is 9.42. The van der Waals surface area contributed by atoms with Crippen LogP contribution in [0.3, 0.4) is 0 Å². The van der Waals surface area contributed by atoms with Gasteiger partial charge in [-0.3, -0.25) is 4.99 Å². The third-order valence-corrected chi connectivity index (χ3v) is 0.824. The monoisotopic (exact) mass is 188 g/mol. The highest BCUT2D eigenvalue weighted by Gasteiger charge is 1.64. The predicted molar refractivity (Wildman–Crippen MR) is 60.4 cm³/mol. The lowest BCUT2D eigenvalue weighted by Crippen LogP contribution is -1.93. The van der Waals surface area contributed by atoms with Crippen LogP contribution in [-0.2, 0) is 4.79 Å². The molecule has 80 valence electrons. The van der Waals surface area contributed by atoms with Crippen LogP contribution >= 0.6 is 0 Å². The second kappa shape index (κ2) is 30.2. The quantitative estimate of drug-likeness (QED) is 0.544. The summed E-state index contributed by atoms with van der Waals surface area (Å²) < 4.78 is 0. The van der Waals surface area contributed by atoms with E-state index in [-0.39, 0.29) is 0 Å². The molecule has 2 N–H and O–H groups in total. The van der Waals surface area contributed by atoms with Gasteiger partial charge in [-0.1, -0.05) is 13.8 Å². The third kappa shape index (κ3) is 89.7. The van der Waals surface area contributed by atoms with Gasteiger partial charge in [-0.25, -0.2) is 0 Å². The normalized spacial score (nSPS) is 8.08. The number of nitrogens with zero attached hydrogens (tertiary/aromatic N) is 1.